The Morgan fingerprint density at radius 3 is 2.92 bits per heavy atom. The van der Waals surface area contributed by atoms with Gasteiger partial charge in [0.05, 0.1) is 13.2 Å². The predicted molar refractivity (Wildman–Crippen MR) is 116 cm³/mol. The maximum Gasteiger partial charge on any atom is 0.243 e. The van der Waals surface area contributed by atoms with E-state index in [9.17, 15) is 4.79 Å². The largest absolute Gasteiger partial charge is 0.384 e. The summed E-state index contributed by atoms with van der Waals surface area (Å²) >= 11 is 3.42. The zero-order chi connectivity index (χ0) is 17.5. The zero-order valence-corrected chi connectivity index (χ0v) is 18.8. The minimum absolute atomic E-state index is 0. The number of methoxy groups -OCH3 is 1. The number of aliphatic imine (C=N–C) groups is 1. The van der Waals surface area contributed by atoms with Gasteiger partial charge < -0.3 is 20.3 Å². The quantitative estimate of drug-likeness (QED) is 0.353. The maximum absolute atomic E-state index is 12.2. The van der Waals surface area contributed by atoms with E-state index in [4.69, 9.17) is 4.74 Å². The Balaban J connectivity index is 0.00000312. The van der Waals surface area contributed by atoms with Crippen LogP contribution in [0.25, 0.3) is 0 Å². The molecule has 1 unspecified atom stereocenters. The Labute approximate surface area is 174 Å². The molecule has 0 spiro atoms. The number of rotatable bonds is 5. The van der Waals surface area contributed by atoms with Crippen molar-refractivity contribution < 1.29 is 9.53 Å². The van der Waals surface area contributed by atoms with Gasteiger partial charge in [-0.15, -0.1) is 24.0 Å². The van der Waals surface area contributed by atoms with Crippen LogP contribution in [0.5, 0.6) is 0 Å². The first-order valence-electron chi connectivity index (χ1n) is 8.04. The van der Waals surface area contributed by atoms with Crippen LogP contribution < -0.4 is 10.6 Å². The number of likely N-dealkylation sites (tertiary alicyclic amines) is 1. The number of amides is 1. The molecule has 0 saturated carbocycles. The van der Waals surface area contributed by atoms with Gasteiger partial charge in [0.2, 0.25) is 5.91 Å². The van der Waals surface area contributed by atoms with Crippen LogP contribution >= 0.6 is 39.9 Å². The summed E-state index contributed by atoms with van der Waals surface area (Å²) in [6, 6.07) is 5.82. The summed E-state index contributed by atoms with van der Waals surface area (Å²) in [6.07, 6.45) is 1.08. The number of halogens is 2. The molecule has 140 valence electrons. The molecule has 6 nitrogen and oxygen atoms in total. The molecular formula is C17H26BrIN4O2. The van der Waals surface area contributed by atoms with Crippen LogP contribution in [-0.4, -0.2) is 57.2 Å². The molecule has 1 aliphatic rings. The monoisotopic (exact) mass is 524 g/mol. The van der Waals surface area contributed by atoms with E-state index in [0.717, 1.165) is 47.8 Å². The molecule has 1 aromatic rings. The van der Waals surface area contributed by atoms with E-state index >= 15 is 0 Å². The van der Waals surface area contributed by atoms with Gasteiger partial charge in [0.25, 0.3) is 0 Å². The molecule has 8 heteroatoms. The summed E-state index contributed by atoms with van der Waals surface area (Å²) in [4.78, 5) is 18.6. The molecule has 1 aromatic carbocycles. The Kier molecular flexibility index (Phi) is 9.73. The molecule has 0 bridgehead atoms. The lowest BCUT2D eigenvalue weighted by molar-refractivity contribution is -0.115. The number of hydrogen-bond donors (Lipinski definition) is 2. The minimum Gasteiger partial charge on any atom is -0.384 e. The Bertz CT molecular complexity index is 612. The van der Waals surface area contributed by atoms with Gasteiger partial charge in [-0.25, -0.2) is 0 Å². The number of guanidine groups is 1. The lowest BCUT2D eigenvalue weighted by Gasteiger charge is -2.21. The number of aryl methyl sites for hydroxylation is 1. The van der Waals surface area contributed by atoms with Gasteiger partial charge in [-0.05, 0) is 31.0 Å². The van der Waals surface area contributed by atoms with Crippen molar-refractivity contribution in [3.8, 4) is 0 Å². The number of anilines is 1. The third-order valence-electron chi connectivity index (χ3n) is 4.08. The lowest BCUT2D eigenvalue weighted by atomic mass is 10.1. The van der Waals surface area contributed by atoms with Gasteiger partial charge in [-0.1, -0.05) is 22.0 Å². The summed E-state index contributed by atoms with van der Waals surface area (Å²) in [5.41, 5.74) is 1.84. The standard InChI is InChI=1S/C17H25BrN4O2.HI/c1-12-4-5-14(18)8-15(12)21-16(23)9-20-17(19-2)22-7-6-13(10-22)11-24-3;/h4-5,8,13H,6-7,9-11H2,1-3H3,(H,19,20)(H,21,23);1H. The molecule has 1 aliphatic heterocycles. The lowest BCUT2D eigenvalue weighted by Crippen LogP contribution is -2.43. The van der Waals surface area contributed by atoms with Gasteiger partial charge in [0.1, 0.15) is 0 Å². The summed E-state index contributed by atoms with van der Waals surface area (Å²) in [6.45, 7) is 4.74. The van der Waals surface area contributed by atoms with Gasteiger partial charge >= 0.3 is 0 Å². The zero-order valence-electron chi connectivity index (χ0n) is 14.8. The second-order valence-electron chi connectivity index (χ2n) is 5.96. The van der Waals surface area contributed by atoms with E-state index in [2.05, 4.69) is 36.5 Å². The summed E-state index contributed by atoms with van der Waals surface area (Å²) in [5, 5.41) is 6.06. The molecule has 2 N–H and O–H groups in total. The van der Waals surface area contributed by atoms with E-state index in [1.165, 1.54) is 0 Å². The maximum atomic E-state index is 12.2. The molecule has 25 heavy (non-hydrogen) atoms. The topological polar surface area (TPSA) is 66.0 Å². The average molecular weight is 525 g/mol. The summed E-state index contributed by atoms with van der Waals surface area (Å²) in [5.74, 6) is 1.19. The molecular weight excluding hydrogens is 499 g/mol. The Hall–Kier alpha value is -0.870. The van der Waals surface area contributed by atoms with Gasteiger partial charge in [-0.3, -0.25) is 9.79 Å². The van der Waals surface area contributed by atoms with E-state index in [1.54, 1.807) is 14.2 Å². The van der Waals surface area contributed by atoms with Crippen molar-refractivity contribution >= 4 is 57.5 Å². The fourth-order valence-electron chi connectivity index (χ4n) is 2.81. The minimum atomic E-state index is -0.0926. The van der Waals surface area contributed by atoms with Crippen LogP contribution in [-0.2, 0) is 9.53 Å². The van der Waals surface area contributed by atoms with E-state index < -0.39 is 0 Å². The number of nitrogens with one attached hydrogen (secondary N) is 2. The van der Waals surface area contributed by atoms with Crippen LogP contribution in [0.1, 0.15) is 12.0 Å². The fourth-order valence-corrected chi connectivity index (χ4v) is 3.17. The number of carbonyl (C=O) groups is 1. The van der Waals surface area contributed by atoms with E-state index in [1.807, 2.05) is 25.1 Å². The van der Waals surface area contributed by atoms with Crippen molar-refractivity contribution in [2.45, 2.75) is 13.3 Å². The average Bonchev–Trinajstić information content (AvgIpc) is 3.00. The third kappa shape index (κ3) is 6.74. The van der Waals surface area contributed by atoms with Crippen molar-refractivity contribution in [3.63, 3.8) is 0 Å². The highest BCUT2D eigenvalue weighted by atomic mass is 127. The summed E-state index contributed by atoms with van der Waals surface area (Å²) < 4.78 is 6.16. The number of benzene rings is 1. The number of nitrogens with zero attached hydrogens (tertiary/aromatic N) is 2. The highest BCUT2D eigenvalue weighted by molar-refractivity contribution is 14.0. The second-order valence-corrected chi connectivity index (χ2v) is 6.88. The number of ether oxygens (including phenoxy) is 1. The van der Waals surface area contributed by atoms with E-state index in [-0.39, 0.29) is 36.4 Å². The van der Waals surface area contributed by atoms with Crippen molar-refractivity contribution in [1.82, 2.24) is 10.2 Å². The normalized spacial score (nSPS) is 17.2. The first kappa shape index (κ1) is 22.2. The number of carbonyl (C=O) groups excluding carboxylic acids is 1. The van der Waals surface area contributed by atoms with E-state index in [0.29, 0.717) is 5.92 Å². The van der Waals surface area contributed by atoms with Crippen LogP contribution in [0.4, 0.5) is 5.69 Å². The molecule has 0 aromatic heterocycles. The molecule has 1 amide bonds. The van der Waals surface area contributed by atoms with Crippen LogP contribution in [0.15, 0.2) is 27.7 Å². The second kappa shape index (κ2) is 11.0. The SMILES string of the molecule is CN=C(NCC(=O)Nc1cc(Br)ccc1C)N1CCC(COC)C1.I. The van der Waals surface area contributed by atoms with Crippen LogP contribution in [0.2, 0.25) is 0 Å². The van der Waals surface area contributed by atoms with Gasteiger partial charge in [-0.2, -0.15) is 0 Å². The molecule has 0 radical (unpaired) electrons. The first-order chi connectivity index (χ1) is 11.5. The van der Waals surface area contributed by atoms with Crippen molar-refractivity contribution in [2.75, 3.05) is 45.7 Å². The Morgan fingerprint density at radius 2 is 2.24 bits per heavy atom. The van der Waals surface area contributed by atoms with Crippen molar-refractivity contribution in [1.29, 1.82) is 0 Å². The highest BCUT2D eigenvalue weighted by Crippen LogP contribution is 2.20. The van der Waals surface area contributed by atoms with Gasteiger partial charge in [0.15, 0.2) is 5.96 Å². The number of hydrogen-bond acceptors (Lipinski definition) is 3. The first-order valence-corrected chi connectivity index (χ1v) is 8.83. The van der Waals surface area contributed by atoms with Crippen molar-refractivity contribution in [3.05, 3.63) is 28.2 Å². The molecule has 2 rings (SSSR count). The molecule has 0 aliphatic carbocycles. The molecule has 1 heterocycles. The molecule has 1 saturated heterocycles. The summed E-state index contributed by atoms with van der Waals surface area (Å²) in [7, 11) is 3.46. The fraction of sp³-hybridized carbons (Fsp3) is 0.529. The van der Waals surface area contributed by atoms with Gasteiger partial charge in [0, 0.05) is 43.3 Å². The molecule has 1 fully saturated rings. The molecule has 1 atom stereocenters. The highest BCUT2D eigenvalue weighted by Gasteiger charge is 2.24. The van der Waals surface area contributed by atoms with Crippen molar-refractivity contribution in [2.24, 2.45) is 10.9 Å². The third-order valence-corrected chi connectivity index (χ3v) is 4.57. The Morgan fingerprint density at radius 1 is 1.48 bits per heavy atom. The van der Waals surface area contributed by atoms with Crippen LogP contribution in [0.3, 0.4) is 0 Å². The predicted octanol–water partition coefficient (Wildman–Crippen LogP) is 2.86. The van der Waals surface area contributed by atoms with Crippen LogP contribution in [0, 0.1) is 12.8 Å². The smallest absolute Gasteiger partial charge is 0.243 e.